The van der Waals surface area contributed by atoms with Gasteiger partial charge in [-0.05, 0) is 36.2 Å². The molecule has 1 N–H and O–H groups in total. The predicted molar refractivity (Wildman–Crippen MR) is 127 cm³/mol. The summed E-state index contributed by atoms with van der Waals surface area (Å²) in [4.78, 5) is 19.2. The van der Waals surface area contributed by atoms with Gasteiger partial charge in [0.25, 0.3) is 5.91 Å². The highest BCUT2D eigenvalue weighted by atomic mass is 32.1. The van der Waals surface area contributed by atoms with E-state index in [0.717, 1.165) is 21.5 Å². The number of thiophene rings is 1. The Bertz CT molecular complexity index is 1440. The first kappa shape index (κ1) is 21.1. The van der Waals surface area contributed by atoms with E-state index in [1.165, 1.54) is 23.5 Å². The molecular weight excluding hydrogens is 437 g/mol. The molecule has 1 atom stereocenters. The lowest BCUT2D eigenvalue weighted by molar-refractivity contribution is 0.0945. The number of carbonyl (C=O) groups excluding carboxylic acids is 1. The van der Waals surface area contributed by atoms with Crippen LogP contribution < -0.4 is 5.32 Å². The summed E-state index contributed by atoms with van der Waals surface area (Å²) in [6.45, 7) is 2.58. The summed E-state index contributed by atoms with van der Waals surface area (Å²) in [5, 5.41) is 8.67. The largest absolute Gasteiger partial charge is 0.337 e. The Morgan fingerprint density at radius 1 is 1.15 bits per heavy atom. The molecule has 0 aliphatic heterocycles. The Labute approximate surface area is 194 Å². The first-order valence-electron chi connectivity index (χ1n) is 10.5. The third kappa shape index (κ3) is 4.17. The van der Waals surface area contributed by atoms with Crippen LogP contribution in [0.1, 0.15) is 38.4 Å². The number of carbonyl (C=O) groups is 1. The average Bonchev–Trinajstić information content (AvgIpc) is 3.50. The maximum absolute atomic E-state index is 13.9. The first-order valence-corrected chi connectivity index (χ1v) is 11.4. The van der Waals surface area contributed by atoms with Crippen LogP contribution in [-0.2, 0) is 13.6 Å². The van der Waals surface area contributed by atoms with Crippen LogP contribution in [0.2, 0.25) is 0 Å². The van der Waals surface area contributed by atoms with Crippen LogP contribution in [-0.4, -0.2) is 25.2 Å². The second-order valence-corrected chi connectivity index (χ2v) is 8.95. The number of aryl methyl sites for hydroxylation is 2. The second kappa shape index (κ2) is 8.63. The van der Waals surface area contributed by atoms with Crippen LogP contribution in [0.4, 0.5) is 4.39 Å². The second-order valence-electron chi connectivity index (χ2n) is 7.92. The predicted octanol–water partition coefficient (Wildman–Crippen LogP) is 4.85. The summed E-state index contributed by atoms with van der Waals surface area (Å²) < 4.78 is 17.7. The topological polar surface area (TPSA) is 64.7 Å². The highest BCUT2D eigenvalue weighted by molar-refractivity contribution is 7.20. The quantitative estimate of drug-likeness (QED) is 0.395. The van der Waals surface area contributed by atoms with Crippen molar-refractivity contribution in [3.63, 3.8) is 0 Å². The van der Waals surface area contributed by atoms with Gasteiger partial charge in [-0.3, -0.25) is 9.48 Å². The third-order valence-corrected chi connectivity index (χ3v) is 6.73. The van der Waals surface area contributed by atoms with Crippen LogP contribution >= 0.6 is 11.3 Å². The Morgan fingerprint density at radius 3 is 2.70 bits per heavy atom. The molecule has 0 saturated carbocycles. The van der Waals surface area contributed by atoms with E-state index < -0.39 is 6.04 Å². The number of nitrogens with zero attached hydrogens (tertiary/aromatic N) is 4. The molecule has 5 rings (SSSR count). The van der Waals surface area contributed by atoms with Crippen molar-refractivity contribution in [1.82, 2.24) is 24.6 Å². The van der Waals surface area contributed by atoms with Gasteiger partial charge in [-0.1, -0.05) is 42.5 Å². The number of rotatable bonds is 6. The molecular formula is C25H22FN5OS. The van der Waals surface area contributed by atoms with Crippen molar-refractivity contribution >= 4 is 27.5 Å². The molecule has 3 heterocycles. The van der Waals surface area contributed by atoms with E-state index in [2.05, 4.69) is 27.5 Å². The van der Waals surface area contributed by atoms with Crippen LogP contribution in [0.3, 0.4) is 0 Å². The molecule has 166 valence electrons. The molecule has 6 nitrogen and oxygen atoms in total. The fourth-order valence-corrected chi connectivity index (χ4v) is 4.99. The lowest BCUT2D eigenvalue weighted by atomic mass is 10.1. The fraction of sp³-hybridized carbons (Fsp3) is 0.160. The van der Waals surface area contributed by atoms with Crippen molar-refractivity contribution < 1.29 is 9.18 Å². The Kier molecular flexibility index (Phi) is 5.51. The average molecular weight is 460 g/mol. The Morgan fingerprint density at radius 2 is 1.97 bits per heavy atom. The van der Waals surface area contributed by atoms with Gasteiger partial charge in [0.1, 0.15) is 22.5 Å². The SMILES string of the molecule is Cc1nn(Cc2ccccc2)c2sc(C(=O)NC(c3cccc(F)c3)c3nccn3C)cc12. The van der Waals surface area contributed by atoms with Crippen molar-refractivity contribution in [3.8, 4) is 0 Å². The van der Waals surface area contributed by atoms with E-state index in [1.807, 2.05) is 47.5 Å². The van der Waals surface area contributed by atoms with Gasteiger partial charge in [0.2, 0.25) is 0 Å². The fourth-order valence-electron chi connectivity index (χ4n) is 3.93. The molecule has 0 saturated heterocycles. The zero-order valence-corrected chi connectivity index (χ0v) is 19.0. The summed E-state index contributed by atoms with van der Waals surface area (Å²) in [5.74, 6) is 0.0278. The number of amides is 1. The number of nitrogens with one attached hydrogen (secondary N) is 1. The van der Waals surface area contributed by atoms with Crippen LogP contribution in [0.15, 0.2) is 73.1 Å². The Balaban J connectivity index is 1.47. The maximum Gasteiger partial charge on any atom is 0.262 e. The van der Waals surface area contributed by atoms with Gasteiger partial charge in [-0.15, -0.1) is 11.3 Å². The molecule has 8 heteroatoms. The number of benzene rings is 2. The highest BCUT2D eigenvalue weighted by Crippen LogP contribution is 2.30. The number of hydrogen-bond donors (Lipinski definition) is 1. The molecule has 1 unspecified atom stereocenters. The van der Waals surface area contributed by atoms with E-state index >= 15 is 0 Å². The molecule has 3 aromatic heterocycles. The van der Waals surface area contributed by atoms with Gasteiger partial charge in [-0.25, -0.2) is 9.37 Å². The standard InChI is InChI=1S/C25H22FN5OS/c1-16-20-14-21(33-25(20)31(29-16)15-17-7-4-3-5-8-17)24(32)28-22(23-27-11-12-30(23)2)18-9-6-10-19(26)13-18/h3-14,22H,15H2,1-2H3,(H,28,32). The highest BCUT2D eigenvalue weighted by Gasteiger charge is 2.24. The lowest BCUT2D eigenvalue weighted by Gasteiger charge is -2.19. The molecule has 33 heavy (non-hydrogen) atoms. The summed E-state index contributed by atoms with van der Waals surface area (Å²) in [7, 11) is 1.85. The van der Waals surface area contributed by atoms with Crippen molar-refractivity contribution in [2.24, 2.45) is 7.05 Å². The third-order valence-electron chi connectivity index (χ3n) is 5.58. The minimum Gasteiger partial charge on any atom is -0.337 e. The van der Waals surface area contributed by atoms with E-state index in [4.69, 9.17) is 0 Å². The molecule has 1 amide bonds. The van der Waals surface area contributed by atoms with Crippen LogP contribution in [0.5, 0.6) is 0 Å². The molecule has 0 radical (unpaired) electrons. The Hall–Kier alpha value is -3.78. The molecule has 0 bridgehead atoms. The van der Waals surface area contributed by atoms with Gasteiger partial charge in [-0.2, -0.15) is 5.10 Å². The van der Waals surface area contributed by atoms with Crippen molar-refractivity contribution in [2.75, 3.05) is 0 Å². The number of halogens is 1. The molecule has 0 fully saturated rings. The monoisotopic (exact) mass is 459 g/mol. The molecule has 5 aromatic rings. The number of fused-ring (bicyclic) bond motifs is 1. The number of aromatic nitrogens is 4. The van der Waals surface area contributed by atoms with E-state index in [9.17, 15) is 9.18 Å². The summed E-state index contributed by atoms with van der Waals surface area (Å²) in [6.07, 6.45) is 3.46. The smallest absolute Gasteiger partial charge is 0.262 e. The number of hydrogen-bond acceptors (Lipinski definition) is 4. The van der Waals surface area contributed by atoms with E-state index in [1.54, 1.807) is 24.5 Å². The number of imidazole rings is 1. The van der Waals surface area contributed by atoms with Gasteiger partial charge in [0.15, 0.2) is 0 Å². The van der Waals surface area contributed by atoms with Crippen LogP contribution in [0, 0.1) is 12.7 Å². The zero-order valence-electron chi connectivity index (χ0n) is 18.2. The molecule has 0 aliphatic rings. The van der Waals surface area contributed by atoms with E-state index in [0.29, 0.717) is 22.8 Å². The maximum atomic E-state index is 13.9. The normalized spacial score (nSPS) is 12.2. The van der Waals surface area contributed by atoms with Gasteiger partial charge < -0.3 is 9.88 Å². The zero-order chi connectivity index (χ0) is 22.9. The van der Waals surface area contributed by atoms with Gasteiger partial charge in [0, 0.05) is 24.8 Å². The summed E-state index contributed by atoms with van der Waals surface area (Å²) in [6, 6.07) is 17.6. The molecule has 0 spiro atoms. The van der Waals surface area contributed by atoms with Crippen molar-refractivity contribution in [1.29, 1.82) is 0 Å². The molecule has 0 aliphatic carbocycles. The minimum atomic E-state index is -0.583. The van der Waals surface area contributed by atoms with Gasteiger partial charge >= 0.3 is 0 Å². The van der Waals surface area contributed by atoms with Crippen molar-refractivity contribution in [2.45, 2.75) is 19.5 Å². The lowest BCUT2D eigenvalue weighted by Crippen LogP contribution is -2.30. The summed E-state index contributed by atoms with van der Waals surface area (Å²) in [5.41, 5.74) is 2.65. The van der Waals surface area contributed by atoms with E-state index in [-0.39, 0.29) is 11.7 Å². The summed E-state index contributed by atoms with van der Waals surface area (Å²) >= 11 is 1.40. The van der Waals surface area contributed by atoms with Crippen LogP contribution in [0.25, 0.3) is 10.2 Å². The van der Waals surface area contributed by atoms with Crippen molar-refractivity contribution in [3.05, 3.63) is 106 Å². The minimum absolute atomic E-state index is 0.237. The first-order chi connectivity index (χ1) is 16.0. The van der Waals surface area contributed by atoms with Gasteiger partial charge in [0.05, 0.1) is 17.1 Å². The molecule has 2 aromatic carbocycles.